The fraction of sp³-hybridized carbons (Fsp3) is 0.500. The molecule has 5 heteroatoms. The summed E-state index contributed by atoms with van der Waals surface area (Å²) in [4.78, 5) is 26.6. The van der Waals surface area contributed by atoms with Crippen molar-refractivity contribution >= 4 is 27.7 Å². The second kappa shape index (κ2) is 8.17. The molecule has 0 bridgehead atoms. The van der Waals surface area contributed by atoms with E-state index in [-0.39, 0.29) is 17.7 Å². The Kier molecular flexibility index (Phi) is 6.89. The summed E-state index contributed by atoms with van der Waals surface area (Å²) in [6.45, 7) is 9.04. The molecule has 116 valence electrons. The van der Waals surface area contributed by atoms with Gasteiger partial charge in [-0.25, -0.2) is 0 Å². The second-order valence-electron chi connectivity index (χ2n) is 5.19. The van der Waals surface area contributed by atoms with Crippen LogP contribution in [0.5, 0.6) is 0 Å². The van der Waals surface area contributed by atoms with E-state index < -0.39 is 6.04 Å². The standard InChI is InChI=1S/C16H23BrN2O2/c1-5-19(6-2)16(21)14(11(3)4)18-15(20)12-9-7-8-10-13(12)17/h7-11,14H,5-6H2,1-4H3,(H,18,20)/t14-/m1/s1. The summed E-state index contributed by atoms with van der Waals surface area (Å²) in [5.74, 6) is -0.235. The van der Waals surface area contributed by atoms with Crippen LogP contribution in [-0.4, -0.2) is 35.8 Å². The molecule has 0 aliphatic rings. The van der Waals surface area contributed by atoms with Crippen LogP contribution in [-0.2, 0) is 4.79 Å². The van der Waals surface area contributed by atoms with Crippen LogP contribution in [0, 0.1) is 5.92 Å². The summed E-state index contributed by atoms with van der Waals surface area (Å²) < 4.78 is 0.722. The first-order chi connectivity index (χ1) is 9.92. The van der Waals surface area contributed by atoms with Gasteiger partial charge in [-0.05, 0) is 47.8 Å². The quantitative estimate of drug-likeness (QED) is 0.853. The summed E-state index contributed by atoms with van der Waals surface area (Å²) in [5.41, 5.74) is 0.537. The van der Waals surface area contributed by atoms with Crippen LogP contribution in [0.15, 0.2) is 28.7 Å². The normalized spacial score (nSPS) is 12.1. The molecule has 0 saturated carbocycles. The van der Waals surface area contributed by atoms with Crippen molar-refractivity contribution < 1.29 is 9.59 Å². The van der Waals surface area contributed by atoms with E-state index in [1.807, 2.05) is 39.8 Å². The van der Waals surface area contributed by atoms with Crippen molar-refractivity contribution in [1.82, 2.24) is 10.2 Å². The van der Waals surface area contributed by atoms with Gasteiger partial charge >= 0.3 is 0 Å². The number of benzene rings is 1. The van der Waals surface area contributed by atoms with Gasteiger partial charge in [-0.3, -0.25) is 9.59 Å². The lowest BCUT2D eigenvalue weighted by Crippen LogP contribution is -2.51. The van der Waals surface area contributed by atoms with Crippen molar-refractivity contribution in [1.29, 1.82) is 0 Å². The minimum Gasteiger partial charge on any atom is -0.341 e. The minimum atomic E-state index is -0.510. The van der Waals surface area contributed by atoms with Crippen LogP contribution in [0.25, 0.3) is 0 Å². The van der Waals surface area contributed by atoms with Crippen molar-refractivity contribution in [3.63, 3.8) is 0 Å². The first kappa shape index (κ1) is 17.7. The van der Waals surface area contributed by atoms with Crippen molar-refractivity contribution in [2.45, 2.75) is 33.7 Å². The molecule has 0 spiro atoms. The third-order valence-electron chi connectivity index (χ3n) is 3.41. The smallest absolute Gasteiger partial charge is 0.253 e. The zero-order valence-electron chi connectivity index (χ0n) is 13.0. The summed E-state index contributed by atoms with van der Waals surface area (Å²) >= 11 is 3.36. The van der Waals surface area contributed by atoms with Crippen molar-refractivity contribution in [3.8, 4) is 0 Å². The molecule has 0 radical (unpaired) electrons. The highest BCUT2D eigenvalue weighted by atomic mass is 79.9. The number of carbonyl (C=O) groups excluding carboxylic acids is 2. The molecule has 1 N–H and O–H groups in total. The maximum absolute atomic E-state index is 12.5. The number of hydrogen-bond donors (Lipinski definition) is 1. The molecular weight excluding hydrogens is 332 g/mol. The number of hydrogen-bond acceptors (Lipinski definition) is 2. The summed E-state index contributed by atoms with van der Waals surface area (Å²) in [5, 5.41) is 2.86. The van der Waals surface area contributed by atoms with Gasteiger partial charge in [0, 0.05) is 17.6 Å². The van der Waals surface area contributed by atoms with Gasteiger partial charge in [0.25, 0.3) is 5.91 Å². The monoisotopic (exact) mass is 354 g/mol. The summed E-state index contributed by atoms with van der Waals surface area (Å²) in [6.07, 6.45) is 0. The number of halogens is 1. The fourth-order valence-corrected chi connectivity index (χ4v) is 2.57. The molecule has 1 aromatic rings. The van der Waals surface area contributed by atoms with Gasteiger partial charge in [0.2, 0.25) is 5.91 Å². The molecule has 0 fully saturated rings. The molecule has 2 amide bonds. The van der Waals surface area contributed by atoms with Crippen LogP contribution in [0.1, 0.15) is 38.1 Å². The van der Waals surface area contributed by atoms with E-state index in [2.05, 4.69) is 21.2 Å². The lowest BCUT2D eigenvalue weighted by molar-refractivity contribution is -0.133. The number of carbonyl (C=O) groups is 2. The minimum absolute atomic E-state index is 0.0320. The molecule has 1 rings (SSSR count). The average Bonchev–Trinajstić information content (AvgIpc) is 2.45. The molecule has 0 aliphatic heterocycles. The molecule has 0 unspecified atom stereocenters. The first-order valence-electron chi connectivity index (χ1n) is 7.26. The van der Waals surface area contributed by atoms with Crippen molar-refractivity contribution in [3.05, 3.63) is 34.3 Å². The first-order valence-corrected chi connectivity index (χ1v) is 8.05. The Bertz CT molecular complexity index is 499. The lowest BCUT2D eigenvalue weighted by Gasteiger charge is -2.28. The number of amides is 2. The van der Waals surface area contributed by atoms with Gasteiger partial charge in [-0.2, -0.15) is 0 Å². The molecule has 0 aliphatic carbocycles. The predicted molar refractivity (Wildman–Crippen MR) is 88.2 cm³/mol. The topological polar surface area (TPSA) is 49.4 Å². The predicted octanol–water partition coefficient (Wildman–Crippen LogP) is 3.07. The molecule has 0 saturated heterocycles. The zero-order valence-corrected chi connectivity index (χ0v) is 14.6. The van der Waals surface area contributed by atoms with Crippen LogP contribution >= 0.6 is 15.9 Å². The maximum atomic E-state index is 12.5. The average molecular weight is 355 g/mol. The van der Waals surface area contributed by atoms with E-state index in [1.54, 1.807) is 17.0 Å². The highest BCUT2D eigenvalue weighted by Gasteiger charge is 2.28. The summed E-state index contributed by atoms with van der Waals surface area (Å²) in [6, 6.07) is 6.69. The Balaban J connectivity index is 2.91. The van der Waals surface area contributed by atoms with Gasteiger partial charge in [-0.15, -0.1) is 0 Å². The van der Waals surface area contributed by atoms with E-state index in [4.69, 9.17) is 0 Å². The summed E-state index contributed by atoms with van der Waals surface area (Å²) in [7, 11) is 0. The highest BCUT2D eigenvalue weighted by molar-refractivity contribution is 9.10. The number of nitrogens with zero attached hydrogens (tertiary/aromatic N) is 1. The third kappa shape index (κ3) is 4.56. The number of rotatable bonds is 6. The maximum Gasteiger partial charge on any atom is 0.253 e. The van der Waals surface area contributed by atoms with E-state index in [1.165, 1.54) is 0 Å². The van der Waals surface area contributed by atoms with Crippen LogP contribution < -0.4 is 5.32 Å². The van der Waals surface area contributed by atoms with E-state index in [0.717, 1.165) is 4.47 Å². The van der Waals surface area contributed by atoms with E-state index >= 15 is 0 Å². The largest absolute Gasteiger partial charge is 0.341 e. The lowest BCUT2D eigenvalue weighted by atomic mass is 10.0. The van der Waals surface area contributed by atoms with Crippen LogP contribution in [0.3, 0.4) is 0 Å². The molecule has 0 heterocycles. The van der Waals surface area contributed by atoms with Crippen LogP contribution in [0.2, 0.25) is 0 Å². The Morgan fingerprint density at radius 3 is 2.24 bits per heavy atom. The molecule has 1 atom stereocenters. The molecular formula is C16H23BrN2O2. The van der Waals surface area contributed by atoms with Crippen LogP contribution in [0.4, 0.5) is 0 Å². The Morgan fingerprint density at radius 2 is 1.76 bits per heavy atom. The molecule has 4 nitrogen and oxygen atoms in total. The Morgan fingerprint density at radius 1 is 1.19 bits per heavy atom. The van der Waals surface area contributed by atoms with Gasteiger partial charge in [0.1, 0.15) is 6.04 Å². The SMILES string of the molecule is CCN(CC)C(=O)[C@H](NC(=O)c1ccccc1Br)C(C)C. The molecule has 0 aromatic heterocycles. The Hall–Kier alpha value is -1.36. The second-order valence-corrected chi connectivity index (χ2v) is 6.04. The molecule has 1 aromatic carbocycles. The zero-order chi connectivity index (χ0) is 16.0. The van der Waals surface area contributed by atoms with Gasteiger partial charge in [0.05, 0.1) is 5.56 Å². The van der Waals surface area contributed by atoms with Gasteiger partial charge in [-0.1, -0.05) is 26.0 Å². The third-order valence-corrected chi connectivity index (χ3v) is 4.10. The molecule has 21 heavy (non-hydrogen) atoms. The highest BCUT2D eigenvalue weighted by Crippen LogP contribution is 2.16. The van der Waals surface area contributed by atoms with Crippen molar-refractivity contribution in [2.75, 3.05) is 13.1 Å². The van der Waals surface area contributed by atoms with E-state index in [0.29, 0.717) is 18.7 Å². The van der Waals surface area contributed by atoms with Gasteiger partial charge in [0.15, 0.2) is 0 Å². The number of likely N-dealkylation sites (N-methyl/N-ethyl adjacent to an activating group) is 1. The van der Waals surface area contributed by atoms with E-state index in [9.17, 15) is 9.59 Å². The number of nitrogens with one attached hydrogen (secondary N) is 1. The van der Waals surface area contributed by atoms with Gasteiger partial charge < -0.3 is 10.2 Å². The fourth-order valence-electron chi connectivity index (χ4n) is 2.11. The van der Waals surface area contributed by atoms with Crippen molar-refractivity contribution in [2.24, 2.45) is 5.92 Å². The Labute approximate surface area is 135 Å².